The molecule has 2 N–H and O–H groups in total. The van der Waals surface area contributed by atoms with Crippen LogP contribution in [0.15, 0.2) is 47.1 Å². The molecule has 0 spiro atoms. The molecule has 3 aromatic rings. The molecule has 2 aromatic heterocycles. The van der Waals surface area contributed by atoms with Crippen molar-refractivity contribution in [3.05, 3.63) is 59.9 Å². The smallest absolute Gasteiger partial charge is 0.248 e. The number of aryl methyl sites for hydroxylation is 1. The van der Waals surface area contributed by atoms with Crippen molar-refractivity contribution in [2.75, 3.05) is 0 Å². The first-order valence-electron chi connectivity index (χ1n) is 6.18. The maximum Gasteiger partial charge on any atom is 0.248 e. The number of hydrogen-bond acceptors (Lipinski definition) is 6. The Bertz CT molecular complexity index is 710. The second kappa shape index (κ2) is 5.18. The molecule has 100 valence electrons. The Labute approximate surface area is 115 Å². The van der Waals surface area contributed by atoms with Crippen LogP contribution in [0.1, 0.15) is 23.3 Å². The molecule has 1 atom stereocenters. The molecular weight excluding hydrogens is 254 g/mol. The zero-order valence-electron chi connectivity index (χ0n) is 10.9. The summed E-state index contributed by atoms with van der Waals surface area (Å²) >= 11 is 0. The lowest BCUT2D eigenvalue weighted by Gasteiger charge is -2.05. The minimum Gasteiger partial charge on any atom is -0.337 e. The van der Waals surface area contributed by atoms with Gasteiger partial charge in [0, 0.05) is 6.20 Å². The number of aromatic nitrogens is 4. The highest BCUT2D eigenvalue weighted by Crippen LogP contribution is 2.20. The fraction of sp³-hybridized carbons (Fsp3) is 0.143. The predicted molar refractivity (Wildman–Crippen MR) is 72.5 cm³/mol. The monoisotopic (exact) mass is 267 g/mol. The van der Waals surface area contributed by atoms with Crippen molar-refractivity contribution in [1.29, 1.82) is 0 Å². The Morgan fingerprint density at radius 3 is 2.65 bits per heavy atom. The summed E-state index contributed by atoms with van der Waals surface area (Å²) in [5, 5.41) is 3.92. The van der Waals surface area contributed by atoms with Gasteiger partial charge in [0.2, 0.25) is 11.7 Å². The summed E-state index contributed by atoms with van der Waals surface area (Å²) in [6, 6.07) is 10.9. The van der Waals surface area contributed by atoms with E-state index in [1.165, 1.54) is 0 Å². The summed E-state index contributed by atoms with van der Waals surface area (Å²) < 4.78 is 5.23. The van der Waals surface area contributed by atoms with Crippen molar-refractivity contribution < 1.29 is 4.52 Å². The highest BCUT2D eigenvalue weighted by molar-refractivity contribution is 5.47. The molecule has 20 heavy (non-hydrogen) atoms. The number of nitrogens with two attached hydrogens (primary N) is 1. The maximum absolute atomic E-state index is 6.11. The van der Waals surface area contributed by atoms with Gasteiger partial charge in [-0.25, -0.2) is 9.97 Å². The predicted octanol–water partition coefficient (Wildman–Crippen LogP) is 1.88. The lowest BCUT2D eigenvalue weighted by atomic mass is 10.1. The van der Waals surface area contributed by atoms with Crippen LogP contribution in [-0.2, 0) is 0 Å². The molecule has 1 aromatic carbocycles. The van der Waals surface area contributed by atoms with Crippen molar-refractivity contribution in [1.82, 2.24) is 20.1 Å². The van der Waals surface area contributed by atoms with Gasteiger partial charge in [0.05, 0.1) is 0 Å². The Kier molecular flexibility index (Phi) is 3.22. The molecule has 0 aliphatic heterocycles. The fourth-order valence-electron chi connectivity index (χ4n) is 1.85. The van der Waals surface area contributed by atoms with E-state index in [1.807, 2.05) is 30.3 Å². The Hall–Kier alpha value is -2.60. The maximum atomic E-state index is 6.11. The van der Waals surface area contributed by atoms with E-state index < -0.39 is 6.04 Å². The number of nitrogens with zero attached hydrogens (tertiary/aromatic N) is 4. The van der Waals surface area contributed by atoms with E-state index in [0.29, 0.717) is 23.2 Å². The van der Waals surface area contributed by atoms with E-state index in [0.717, 1.165) is 5.56 Å². The van der Waals surface area contributed by atoms with Gasteiger partial charge < -0.3 is 10.3 Å². The van der Waals surface area contributed by atoms with Gasteiger partial charge in [-0.1, -0.05) is 35.5 Å². The van der Waals surface area contributed by atoms with Gasteiger partial charge >= 0.3 is 0 Å². The van der Waals surface area contributed by atoms with Crippen LogP contribution in [0.25, 0.3) is 11.5 Å². The molecule has 0 saturated heterocycles. The topological polar surface area (TPSA) is 90.7 Å². The Morgan fingerprint density at radius 2 is 1.90 bits per heavy atom. The summed E-state index contributed by atoms with van der Waals surface area (Å²) in [6.07, 6.45) is 1.66. The molecule has 2 heterocycles. The van der Waals surface area contributed by atoms with Crippen LogP contribution in [0.3, 0.4) is 0 Å². The van der Waals surface area contributed by atoms with Gasteiger partial charge in [0.15, 0.2) is 0 Å². The third-order valence-corrected chi connectivity index (χ3v) is 2.87. The molecule has 3 rings (SSSR count). The zero-order valence-corrected chi connectivity index (χ0v) is 10.9. The minimum atomic E-state index is -0.444. The Balaban J connectivity index is 1.91. The van der Waals surface area contributed by atoms with E-state index in [9.17, 15) is 0 Å². The second-order valence-corrected chi connectivity index (χ2v) is 4.33. The van der Waals surface area contributed by atoms with Crippen molar-refractivity contribution in [2.24, 2.45) is 5.73 Å². The van der Waals surface area contributed by atoms with Gasteiger partial charge in [0.1, 0.15) is 17.6 Å². The second-order valence-electron chi connectivity index (χ2n) is 4.33. The zero-order chi connectivity index (χ0) is 13.9. The first-order valence-corrected chi connectivity index (χ1v) is 6.18. The van der Waals surface area contributed by atoms with E-state index in [-0.39, 0.29) is 0 Å². The molecule has 6 nitrogen and oxygen atoms in total. The SMILES string of the molecule is Cc1nccc(-c2noc([C@@H](N)c3ccccc3)n2)n1. The van der Waals surface area contributed by atoms with Gasteiger partial charge in [-0.3, -0.25) is 0 Å². The van der Waals surface area contributed by atoms with Crippen LogP contribution < -0.4 is 5.73 Å². The largest absolute Gasteiger partial charge is 0.337 e. The van der Waals surface area contributed by atoms with Gasteiger partial charge in [-0.05, 0) is 18.6 Å². The highest BCUT2D eigenvalue weighted by Gasteiger charge is 2.17. The van der Waals surface area contributed by atoms with E-state index in [2.05, 4.69) is 20.1 Å². The van der Waals surface area contributed by atoms with Crippen LogP contribution in [0.2, 0.25) is 0 Å². The Morgan fingerprint density at radius 1 is 1.10 bits per heavy atom. The summed E-state index contributed by atoms with van der Waals surface area (Å²) in [6.45, 7) is 1.81. The first kappa shape index (κ1) is 12.4. The standard InChI is InChI=1S/C14H13N5O/c1-9-16-8-7-11(17-9)13-18-14(20-19-13)12(15)10-5-3-2-4-6-10/h2-8,12H,15H2,1H3/t12-/m0/s1. The average molecular weight is 267 g/mol. The lowest BCUT2D eigenvalue weighted by Crippen LogP contribution is -2.12. The van der Waals surface area contributed by atoms with Crippen molar-refractivity contribution in [3.8, 4) is 11.5 Å². The molecule has 0 fully saturated rings. The molecule has 0 aliphatic carbocycles. The normalized spacial score (nSPS) is 12.3. The fourth-order valence-corrected chi connectivity index (χ4v) is 1.85. The van der Waals surface area contributed by atoms with E-state index >= 15 is 0 Å². The summed E-state index contributed by atoms with van der Waals surface area (Å²) in [7, 11) is 0. The summed E-state index contributed by atoms with van der Waals surface area (Å²) in [5.74, 6) is 1.43. The number of rotatable bonds is 3. The van der Waals surface area contributed by atoms with Gasteiger partial charge in [0.25, 0.3) is 0 Å². The van der Waals surface area contributed by atoms with Crippen LogP contribution in [0.4, 0.5) is 0 Å². The van der Waals surface area contributed by atoms with Crippen molar-refractivity contribution in [2.45, 2.75) is 13.0 Å². The molecular formula is C14H13N5O. The van der Waals surface area contributed by atoms with E-state index in [4.69, 9.17) is 10.3 Å². The van der Waals surface area contributed by atoms with Gasteiger partial charge in [-0.2, -0.15) is 4.98 Å². The van der Waals surface area contributed by atoms with E-state index in [1.54, 1.807) is 19.2 Å². The first-order chi connectivity index (χ1) is 9.74. The van der Waals surface area contributed by atoms with Crippen LogP contribution in [-0.4, -0.2) is 20.1 Å². The number of hydrogen-bond donors (Lipinski definition) is 1. The third kappa shape index (κ3) is 2.41. The molecule has 0 amide bonds. The number of benzene rings is 1. The molecule has 6 heteroatoms. The van der Waals surface area contributed by atoms with Crippen molar-refractivity contribution in [3.63, 3.8) is 0 Å². The lowest BCUT2D eigenvalue weighted by molar-refractivity contribution is 0.367. The minimum absolute atomic E-state index is 0.363. The molecule has 0 saturated carbocycles. The van der Waals surface area contributed by atoms with Gasteiger partial charge in [-0.15, -0.1) is 0 Å². The quantitative estimate of drug-likeness (QED) is 0.779. The summed E-state index contributed by atoms with van der Waals surface area (Å²) in [4.78, 5) is 12.6. The molecule has 0 bridgehead atoms. The highest BCUT2D eigenvalue weighted by atomic mass is 16.5. The van der Waals surface area contributed by atoms with Crippen LogP contribution in [0.5, 0.6) is 0 Å². The average Bonchev–Trinajstić information content (AvgIpc) is 2.97. The third-order valence-electron chi connectivity index (χ3n) is 2.87. The van der Waals surface area contributed by atoms with Crippen molar-refractivity contribution >= 4 is 0 Å². The summed E-state index contributed by atoms with van der Waals surface area (Å²) in [5.41, 5.74) is 7.65. The molecule has 0 aliphatic rings. The van der Waals surface area contributed by atoms with Crippen LogP contribution >= 0.6 is 0 Å². The molecule has 0 unspecified atom stereocenters. The van der Waals surface area contributed by atoms with Crippen LogP contribution in [0, 0.1) is 6.92 Å². The molecule has 0 radical (unpaired) electrons.